The van der Waals surface area contributed by atoms with E-state index in [9.17, 15) is 23.9 Å². The van der Waals surface area contributed by atoms with Crippen LogP contribution < -0.4 is 11.1 Å². The molecule has 0 bridgehead atoms. The van der Waals surface area contributed by atoms with E-state index in [1.165, 1.54) is 18.2 Å². The van der Waals surface area contributed by atoms with E-state index in [-0.39, 0.29) is 17.0 Å². The Morgan fingerprint density at radius 1 is 1.22 bits per heavy atom. The zero-order chi connectivity index (χ0) is 17.0. The number of aliphatic carboxylic acids is 1. The SMILES string of the molecule is NC(=O)c1ccsc1NC(=O)C[C@@H](C(=O)O)c1ccc(F)cc1. The minimum Gasteiger partial charge on any atom is -0.481 e. The normalized spacial score (nSPS) is 11.7. The fraction of sp³-hybridized carbons (Fsp3) is 0.133. The van der Waals surface area contributed by atoms with Crippen molar-refractivity contribution in [2.75, 3.05) is 5.32 Å². The average molecular weight is 336 g/mol. The molecular formula is C15H13FN2O4S. The van der Waals surface area contributed by atoms with E-state index in [0.29, 0.717) is 5.56 Å². The molecule has 0 fully saturated rings. The second-order valence-corrected chi connectivity index (χ2v) is 5.64. The number of anilines is 1. The van der Waals surface area contributed by atoms with Crippen molar-refractivity contribution in [3.63, 3.8) is 0 Å². The number of carbonyl (C=O) groups excluding carboxylic acids is 2. The lowest BCUT2D eigenvalue weighted by molar-refractivity contribution is -0.140. The highest BCUT2D eigenvalue weighted by Gasteiger charge is 2.24. The molecule has 120 valence electrons. The Bertz CT molecular complexity index is 742. The van der Waals surface area contributed by atoms with E-state index in [2.05, 4.69) is 5.32 Å². The quantitative estimate of drug-likeness (QED) is 0.751. The summed E-state index contributed by atoms with van der Waals surface area (Å²) < 4.78 is 12.9. The molecule has 2 amide bonds. The molecule has 0 unspecified atom stereocenters. The number of hydrogen-bond acceptors (Lipinski definition) is 4. The Labute approximate surface area is 134 Å². The second kappa shape index (κ2) is 7.01. The lowest BCUT2D eigenvalue weighted by Gasteiger charge is -2.12. The summed E-state index contributed by atoms with van der Waals surface area (Å²) >= 11 is 1.11. The van der Waals surface area contributed by atoms with Crippen LogP contribution in [0.2, 0.25) is 0 Å². The lowest BCUT2D eigenvalue weighted by Crippen LogP contribution is -2.22. The Kier molecular flexibility index (Phi) is 5.07. The van der Waals surface area contributed by atoms with Crippen molar-refractivity contribution in [1.82, 2.24) is 0 Å². The summed E-state index contributed by atoms with van der Waals surface area (Å²) in [5, 5.41) is 13.6. The van der Waals surface area contributed by atoms with Gasteiger partial charge in [-0.3, -0.25) is 14.4 Å². The molecule has 0 aliphatic carbocycles. The van der Waals surface area contributed by atoms with Gasteiger partial charge in [0, 0.05) is 6.42 Å². The molecule has 0 saturated carbocycles. The minimum atomic E-state index is -1.20. The first-order chi connectivity index (χ1) is 10.9. The maximum absolute atomic E-state index is 12.9. The molecule has 8 heteroatoms. The Morgan fingerprint density at radius 3 is 2.43 bits per heavy atom. The van der Waals surface area contributed by atoms with E-state index in [1.807, 2.05) is 0 Å². The predicted octanol–water partition coefficient (Wildman–Crippen LogP) is 2.18. The smallest absolute Gasteiger partial charge is 0.311 e. The van der Waals surface area contributed by atoms with Gasteiger partial charge in [0.05, 0.1) is 11.5 Å². The van der Waals surface area contributed by atoms with Crippen LogP contribution in [0, 0.1) is 5.82 Å². The zero-order valence-corrected chi connectivity index (χ0v) is 12.6. The van der Waals surface area contributed by atoms with Crippen molar-refractivity contribution in [3.8, 4) is 0 Å². The second-order valence-electron chi connectivity index (χ2n) is 4.72. The van der Waals surface area contributed by atoms with E-state index in [4.69, 9.17) is 5.73 Å². The van der Waals surface area contributed by atoms with Crippen LogP contribution >= 0.6 is 11.3 Å². The molecule has 0 aliphatic rings. The van der Waals surface area contributed by atoms with Gasteiger partial charge < -0.3 is 16.2 Å². The van der Waals surface area contributed by atoms with E-state index in [1.54, 1.807) is 5.38 Å². The average Bonchev–Trinajstić information content (AvgIpc) is 2.94. The van der Waals surface area contributed by atoms with Crippen LogP contribution in [0.4, 0.5) is 9.39 Å². The van der Waals surface area contributed by atoms with Crippen molar-refractivity contribution in [3.05, 3.63) is 52.7 Å². The highest BCUT2D eigenvalue weighted by atomic mass is 32.1. The molecule has 4 N–H and O–H groups in total. The van der Waals surface area contributed by atoms with Gasteiger partial charge in [-0.05, 0) is 29.1 Å². The van der Waals surface area contributed by atoms with Gasteiger partial charge in [0.2, 0.25) is 5.91 Å². The van der Waals surface area contributed by atoms with Gasteiger partial charge in [-0.2, -0.15) is 0 Å². The van der Waals surface area contributed by atoms with Crippen molar-refractivity contribution in [1.29, 1.82) is 0 Å². The Morgan fingerprint density at radius 2 is 1.87 bits per heavy atom. The van der Waals surface area contributed by atoms with Crippen LogP contribution in [-0.2, 0) is 9.59 Å². The molecule has 0 radical (unpaired) electrons. The fourth-order valence-electron chi connectivity index (χ4n) is 2.01. The molecule has 0 spiro atoms. The van der Waals surface area contributed by atoms with Crippen LogP contribution in [0.5, 0.6) is 0 Å². The number of benzene rings is 1. The number of halogens is 1. The van der Waals surface area contributed by atoms with Crippen LogP contribution in [0.3, 0.4) is 0 Å². The molecule has 2 rings (SSSR count). The molecule has 1 atom stereocenters. The molecule has 2 aromatic rings. The maximum atomic E-state index is 12.9. The van der Waals surface area contributed by atoms with Gasteiger partial charge in [0.15, 0.2) is 0 Å². The van der Waals surface area contributed by atoms with Crippen LogP contribution in [-0.4, -0.2) is 22.9 Å². The number of thiophene rings is 1. The molecule has 1 heterocycles. The number of nitrogens with two attached hydrogens (primary N) is 1. The summed E-state index contributed by atoms with van der Waals surface area (Å²) in [7, 11) is 0. The number of carboxylic acids is 1. The highest BCUT2D eigenvalue weighted by Crippen LogP contribution is 2.25. The first-order valence-corrected chi connectivity index (χ1v) is 7.42. The highest BCUT2D eigenvalue weighted by molar-refractivity contribution is 7.14. The van der Waals surface area contributed by atoms with Crippen LogP contribution in [0.1, 0.15) is 28.3 Å². The van der Waals surface area contributed by atoms with Gasteiger partial charge in [0.1, 0.15) is 10.8 Å². The number of carbonyl (C=O) groups is 3. The summed E-state index contributed by atoms with van der Waals surface area (Å²) in [5.41, 5.74) is 5.66. The lowest BCUT2D eigenvalue weighted by atomic mass is 9.95. The van der Waals surface area contributed by atoms with Gasteiger partial charge in [-0.25, -0.2) is 4.39 Å². The van der Waals surface area contributed by atoms with Gasteiger partial charge in [-0.1, -0.05) is 12.1 Å². The van der Waals surface area contributed by atoms with E-state index < -0.39 is 29.5 Å². The topological polar surface area (TPSA) is 109 Å². The third-order valence-corrected chi connectivity index (χ3v) is 3.97. The summed E-state index contributed by atoms with van der Waals surface area (Å²) in [5.74, 6) is -4.07. The standard InChI is InChI=1S/C15H13FN2O4S/c16-9-3-1-8(2-4-9)11(15(21)22)7-12(19)18-14-10(13(17)20)5-6-23-14/h1-6,11H,7H2,(H2,17,20)(H,18,19)(H,21,22)/t11-/m1/s1. The van der Waals surface area contributed by atoms with Crippen LogP contribution in [0.15, 0.2) is 35.7 Å². The number of amides is 2. The molecular weight excluding hydrogens is 323 g/mol. The molecule has 1 aromatic carbocycles. The number of hydrogen-bond donors (Lipinski definition) is 3. The van der Waals surface area contributed by atoms with Crippen molar-refractivity contribution in [2.45, 2.75) is 12.3 Å². The predicted molar refractivity (Wildman–Crippen MR) is 82.9 cm³/mol. The molecule has 0 saturated heterocycles. The summed E-state index contributed by atoms with van der Waals surface area (Å²) in [6.45, 7) is 0. The third kappa shape index (κ3) is 4.13. The van der Waals surface area contributed by atoms with Gasteiger partial charge in [0.25, 0.3) is 5.91 Å². The first kappa shape index (κ1) is 16.6. The van der Waals surface area contributed by atoms with Crippen molar-refractivity contribution >= 4 is 34.1 Å². The van der Waals surface area contributed by atoms with E-state index >= 15 is 0 Å². The Hall–Kier alpha value is -2.74. The van der Waals surface area contributed by atoms with E-state index in [0.717, 1.165) is 23.5 Å². The largest absolute Gasteiger partial charge is 0.481 e. The first-order valence-electron chi connectivity index (χ1n) is 6.54. The summed E-state index contributed by atoms with van der Waals surface area (Å²) in [6.07, 6.45) is -0.350. The summed E-state index contributed by atoms with van der Waals surface area (Å²) in [4.78, 5) is 34.6. The van der Waals surface area contributed by atoms with Crippen molar-refractivity contribution in [2.24, 2.45) is 5.73 Å². The monoisotopic (exact) mass is 336 g/mol. The third-order valence-electron chi connectivity index (χ3n) is 3.14. The van der Waals surface area contributed by atoms with Gasteiger partial charge >= 0.3 is 5.97 Å². The summed E-state index contributed by atoms with van der Waals surface area (Å²) in [6, 6.07) is 6.38. The Balaban J connectivity index is 2.12. The fourth-order valence-corrected chi connectivity index (χ4v) is 2.81. The number of primary amides is 1. The van der Waals surface area contributed by atoms with Crippen molar-refractivity contribution < 1.29 is 23.9 Å². The maximum Gasteiger partial charge on any atom is 0.311 e. The molecule has 23 heavy (non-hydrogen) atoms. The number of nitrogens with one attached hydrogen (secondary N) is 1. The molecule has 6 nitrogen and oxygen atoms in total. The number of carboxylic acid groups (broad SMARTS) is 1. The molecule has 0 aliphatic heterocycles. The molecule has 1 aromatic heterocycles. The minimum absolute atomic E-state index is 0.164. The zero-order valence-electron chi connectivity index (χ0n) is 11.8. The number of rotatable bonds is 6. The van der Waals surface area contributed by atoms with Gasteiger partial charge in [-0.15, -0.1) is 11.3 Å². The van der Waals surface area contributed by atoms with Crippen LogP contribution in [0.25, 0.3) is 0 Å².